The van der Waals surface area contributed by atoms with Crippen molar-refractivity contribution in [2.75, 3.05) is 7.11 Å². The van der Waals surface area contributed by atoms with Gasteiger partial charge in [0.05, 0.1) is 7.11 Å². The van der Waals surface area contributed by atoms with Crippen molar-refractivity contribution in [2.24, 2.45) is 0 Å². The van der Waals surface area contributed by atoms with Gasteiger partial charge in [0, 0.05) is 28.5 Å². The van der Waals surface area contributed by atoms with Gasteiger partial charge in [-0.25, -0.2) is 4.79 Å². The van der Waals surface area contributed by atoms with Gasteiger partial charge in [-0.1, -0.05) is 53.7 Å². The number of ether oxygens (including phenoxy) is 1. The minimum Gasteiger partial charge on any atom is -0.497 e. The summed E-state index contributed by atoms with van der Waals surface area (Å²) in [6.07, 6.45) is 0. The molecule has 0 bridgehead atoms. The molecule has 0 amide bonds. The van der Waals surface area contributed by atoms with Crippen LogP contribution in [0.5, 0.6) is 5.75 Å². The van der Waals surface area contributed by atoms with Gasteiger partial charge in [0.25, 0.3) is 0 Å². The van der Waals surface area contributed by atoms with Crippen molar-refractivity contribution in [3.05, 3.63) is 99.9 Å². The molecule has 0 aliphatic heterocycles. The summed E-state index contributed by atoms with van der Waals surface area (Å²) >= 11 is 1.53. The molecule has 0 N–H and O–H groups in total. The van der Waals surface area contributed by atoms with Crippen molar-refractivity contribution in [3.63, 3.8) is 0 Å². The topological polar surface area (TPSA) is 70.2 Å². The molecule has 170 valence electrons. The van der Waals surface area contributed by atoms with E-state index in [4.69, 9.17) is 9.15 Å². The average Bonchev–Trinajstić information content (AvgIpc) is 3.26. The summed E-state index contributed by atoms with van der Waals surface area (Å²) in [5.41, 5.74) is 5.22. The monoisotopic (exact) mass is 469 g/mol. The molecule has 34 heavy (non-hydrogen) atoms. The van der Waals surface area contributed by atoms with Crippen molar-refractivity contribution in [1.82, 2.24) is 14.8 Å². The molecule has 3 aromatic carbocycles. The molecular weight excluding hydrogens is 446 g/mol. The highest BCUT2D eigenvalue weighted by atomic mass is 32.2. The minimum absolute atomic E-state index is 0.356. The number of methoxy groups -OCH3 is 1. The number of fused-ring (bicyclic) bond motifs is 1. The lowest BCUT2D eigenvalue weighted by Gasteiger charge is -2.12. The van der Waals surface area contributed by atoms with Gasteiger partial charge in [-0.2, -0.15) is 0 Å². The van der Waals surface area contributed by atoms with Gasteiger partial charge in [0.2, 0.25) is 0 Å². The van der Waals surface area contributed by atoms with Crippen LogP contribution >= 0.6 is 11.8 Å². The summed E-state index contributed by atoms with van der Waals surface area (Å²) in [6.45, 7) is 4.04. The first-order chi connectivity index (χ1) is 16.5. The Kier molecular flexibility index (Phi) is 5.94. The first-order valence-corrected chi connectivity index (χ1v) is 11.8. The number of thioether (sulfide) groups is 1. The Bertz CT molecular complexity index is 1540. The number of hydrogen-bond acceptors (Lipinski definition) is 6. The maximum absolute atomic E-state index is 12.2. The van der Waals surface area contributed by atoms with Crippen LogP contribution in [0.25, 0.3) is 28.0 Å². The molecule has 2 aromatic heterocycles. The van der Waals surface area contributed by atoms with E-state index in [-0.39, 0.29) is 5.63 Å². The van der Waals surface area contributed by atoms with Gasteiger partial charge >= 0.3 is 5.63 Å². The SMILES string of the molecule is COc1cccc(-c2nnc(SCc3cc(=O)oc4cc(C)ccc34)n2-c2ccc(C)cc2)c1. The van der Waals surface area contributed by atoms with Gasteiger partial charge in [-0.05, 0) is 55.3 Å². The molecule has 5 aromatic rings. The van der Waals surface area contributed by atoms with E-state index in [0.717, 1.165) is 44.5 Å². The molecule has 0 fully saturated rings. The van der Waals surface area contributed by atoms with Crippen LogP contribution in [0.4, 0.5) is 0 Å². The molecule has 0 saturated heterocycles. The zero-order valence-electron chi connectivity index (χ0n) is 19.1. The van der Waals surface area contributed by atoms with E-state index in [0.29, 0.717) is 11.3 Å². The number of aryl methyl sites for hydroxylation is 2. The lowest BCUT2D eigenvalue weighted by Crippen LogP contribution is -2.02. The largest absolute Gasteiger partial charge is 0.497 e. The summed E-state index contributed by atoms with van der Waals surface area (Å²) in [4.78, 5) is 12.2. The zero-order valence-corrected chi connectivity index (χ0v) is 19.9. The van der Waals surface area contributed by atoms with Crippen LogP contribution in [-0.2, 0) is 5.75 Å². The molecule has 7 heteroatoms. The number of hydrogen-bond donors (Lipinski definition) is 0. The number of aromatic nitrogens is 3. The summed E-state index contributed by atoms with van der Waals surface area (Å²) in [6, 6.07) is 23.5. The van der Waals surface area contributed by atoms with Crippen LogP contribution in [0, 0.1) is 13.8 Å². The van der Waals surface area contributed by atoms with Crippen LogP contribution in [0.15, 0.2) is 87.2 Å². The Morgan fingerprint density at radius 2 is 1.74 bits per heavy atom. The maximum Gasteiger partial charge on any atom is 0.336 e. The fourth-order valence-electron chi connectivity index (χ4n) is 3.84. The van der Waals surface area contributed by atoms with Gasteiger partial charge < -0.3 is 9.15 Å². The Hall–Kier alpha value is -3.84. The van der Waals surface area contributed by atoms with E-state index < -0.39 is 0 Å². The fraction of sp³-hybridized carbons (Fsp3) is 0.148. The van der Waals surface area contributed by atoms with E-state index in [1.54, 1.807) is 13.2 Å². The Labute approximate surface area is 201 Å². The molecule has 2 heterocycles. The van der Waals surface area contributed by atoms with E-state index in [1.165, 1.54) is 17.3 Å². The summed E-state index contributed by atoms with van der Waals surface area (Å²) in [5.74, 6) is 2.02. The third kappa shape index (κ3) is 4.34. The predicted octanol–water partition coefficient (Wildman–Crippen LogP) is 5.96. The van der Waals surface area contributed by atoms with Crippen molar-refractivity contribution >= 4 is 22.7 Å². The summed E-state index contributed by atoms with van der Waals surface area (Å²) in [5, 5.41) is 10.7. The van der Waals surface area contributed by atoms with Crippen molar-refractivity contribution in [1.29, 1.82) is 0 Å². The first kappa shape index (κ1) is 22.0. The molecule has 0 atom stereocenters. The summed E-state index contributed by atoms with van der Waals surface area (Å²) < 4.78 is 12.9. The van der Waals surface area contributed by atoms with Crippen LogP contribution in [0.2, 0.25) is 0 Å². The number of nitrogens with zero attached hydrogens (tertiary/aromatic N) is 3. The van der Waals surface area contributed by atoms with Crippen molar-refractivity contribution in [3.8, 4) is 22.8 Å². The Balaban J connectivity index is 1.57. The number of rotatable bonds is 6. The molecule has 0 aliphatic carbocycles. The standard InChI is InChI=1S/C27H23N3O3S/c1-17-7-10-21(11-8-17)30-26(19-5-4-6-22(14-19)32-3)28-29-27(30)34-16-20-15-25(31)33-24-13-18(2)9-12-23(20)24/h4-15H,16H2,1-3H3. The second-order valence-corrected chi connectivity index (χ2v) is 9.03. The second-order valence-electron chi connectivity index (χ2n) is 8.09. The van der Waals surface area contributed by atoms with Crippen LogP contribution in [-0.4, -0.2) is 21.9 Å². The van der Waals surface area contributed by atoms with E-state index >= 15 is 0 Å². The highest BCUT2D eigenvalue weighted by Gasteiger charge is 2.18. The third-order valence-corrected chi connectivity index (χ3v) is 6.57. The highest BCUT2D eigenvalue weighted by molar-refractivity contribution is 7.98. The normalized spacial score (nSPS) is 11.1. The number of benzene rings is 3. The lowest BCUT2D eigenvalue weighted by atomic mass is 10.1. The average molecular weight is 470 g/mol. The van der Waals surface area contributed by atoms with Gasteiger partial charge in [-0.15, -0.1) is 10.2 Å². The predicted molar refractivity (Wildman–Crippen MR) is 135 cm³/mol. The highest BCUT2D eigenvalue weighted by Crippen LogP contribution is 2.32. The van der Waals surface area contributed by atoms with Crippen LogP contribution in [0.1, 0.15) is 16.7 Å². The molecule has 0 saturated carbocycles. The second kappa shape index (κ2) is 9.19. The third-order valence-electron chi connectivity index (χ3n) is 5.60. The molecule has 0 spiro atoms. The molecule has 5 rings (SSSR count). The maximum atomic E-state index is 12.2. The molecule has 0 aliphatic rings. The fourth-order valence-corrected chi connectivity index (χ4v) is 4.78. The Morgan fingerprint density at radius 1 is 0.941 bits per heavy atom. The minimum atomic E-state index is -0.356. The molecule has 0 radical (unpaired) electrons. The smallest absolute Gasteiger partial charge is 0.336 e. The quantitative estimate of drug-likeness (QED) is 0.226. The summed E-state index contributed by atoms with van der Waals surface area (Å²) in [7, 11) is 1.65. The molecule has 6 nitrogen and oxygen atoms in total. The van der Waals surface area contributed by atoms with Crippen molar-refractivity contribution < 1.29 is 9.15 Å². The Morgan fingerprint density at radius 3 is 2.53 bits per heavy atom. The van der Waals surface area contributed by atoms with E-state index in [1.807, 2.05) is 54.0 Å². The van der Waals surface area contributed by atoms with Gasteiger partial charge in [0.1, 0.15) is 11.3 Å². The molecule has 0 unspecified atom stereocenters. The first-order valence-electron chi connectivity index (χ1n) is 10.8. The molecular formula is C27H23N3O3S. The van der Waals surface area contributed by atoms with Crippen molar-refractivity contribution in [2.45, 2.75) is 24.8 Å². The van der Waals surface area contributed by atoms with Gasteiger partial charge in [-0.3, -0.25) is 4.57 Å². The van der Waals surface area contributed by atoms with E-state index in [9.17, 15) is 4.79 Å². The van der Waals surface area contributed by atoms with Crippen LogP contribution < -0.4 is 10.4 Å². The van der Waals surface area contributed by atoms with Crippen LogP contribution in [0.3, 0.4) is 0 Å². The van der Waals surface area contributed by atoms with Gasteiger partial charge in [0.15, 0.2) is 11.0 Å². The van der Waals surface area contributed by atoms with E-state index in [2.05, 4.69) is 41.4 Å². The lowest BCUT2D eigenvalue weighted by molar-refractivity contribution is 0.415. The zero-order chi connectivity index (χ0) is 23.7.